The van der Waals surface area contributed by atoms with Crippen molar-refractivity contribution in [2.75, 3.05) is 23.3 Å². The minimum Gasteiger partial charge on any atom is -0.355 e. The van der Waals surface area contributed by atoms with Gasteiger partial charge in [0.1, 0.15) is 5.82 Å². The Hall–Kier alpha value is -3.28. The van der Waals surface area contributed by atoms with Crippen LogP contribution in [0.3, 0.4) is 0 Å². The number of benzene rings is 2. The number of aryl methyl sites for hydroxylation is 1. The zero-order valence-corrected chi connectivity index (χ0v) is 18.4. The smallest absolute Gasteiger partial charge is 0.227 e. The van der Waals surface area contributed by atoms with Crippen LogP contribution in [0.4, 0.5) is 15.9 Å². The second-order valence-corrected chi connectivity index (χ2v) is 8.33. The molecule has 2 aromatic carbocycles. The number of carbonyl (C=O) groups excluding carboxylic acids is 1. The third-order valence-electron chi connectivity index (χ3n) is 6.02. The van der Waals surface area contributed by atoms with Gasteiger partial charge in [0.2, 0.25) is 5.91 Å². The third-order valence-corrected chi connectivity index (χ3v) is 6.02. The first-order chi connectivity index (χ1) is 15.6. The molecule has 1 aliphatic rings. The summed E-state index contributed by atoms with van der Waals surface area (Å²) in [6.45, 7) is 3.72. The second kappa shape index (κ2) is 10.4. The van der Waals surface area contributed by atoms with Crippen molar-refractivity contribution in [1.29, 1.82) is 0 Å². The van der Waals surface area contributed by atoms with Crippen LogP contribution in [0.2, 0.25) is 0 Å². The fourth-order valence-electron chi connectivity index (χ4n) is 4.02. The van der Waals surface area contributed by atoms with E-state index in [4.69, 9.17) is 0 Å². The average molecular weight is 433 g/mol. The normalized spacial score (nSPS) is 14.4. The highest BCUT2D eigenvalue weighted by Crippen LogP contribution is 2.25. The van der Waals surface area contributed by atoms with Crippen molar-refractivity contribution in [3.63, 3.8) is 0 Å². The first-order valence-electron chi connectivity index (χ1n) is 11.4. The number of piperidine rings is 1. The Bertz CT molecular complexity index is 1010. The molecule has 166 valence electrons. The Morgan fingerprint density at radius 2 is 1.72 bits per heavy atom. The summed E-state index contributed by atoms with van der Waals surface area (Å²) in [5, 5.41) is 11.7. The average Bonchev–Trinajstić information content (AvgIpc) is 2.84. The van der Waals surface area contributed by atoms with Crippen molar-refractivity contribution in [2.24, 2.45) is 5.92 Å². The van der Waals surface area contributed by atoms with Crippen LogP contribution in [0, 0.1) is 11.7 Å². The number of nitrogens with zero attached hydrogens (tertiary/aromatic N) is 3. The molecule has 0 spiro atoms. The zero-order valence-electron chi connectivity index (χ0n) is 18.4. The van der Waals surface area contributed by atoms with Gasteiger partial charge in [-0.05, 0) is 79.8 Å². The van der Waals surface area contributed by atoms with Gasteiger partial charge in [0.05, 0.1) is 5.69 Å². The molecule has 0 radical (unpaired) electrons. The number of unbranched alkanes of at least 4 members (excludes halogenated alkanes) is 1. The Balaban J connectivity index is 1.29. The quantitative estimate of drug-likeness (QED) is 0.537. The summed E-state index contributed by atoms with van der Waals surface area (Å²) in [5.41, 5.74) is 3.72. The molecule has 32 heavy (non-hydrogen) atoms. The molecule has 2 heterocycles. The summed E-state index contributed by atoms with van der Waals surface area (Å²) in [6, 6.07) is 18.3. The fraction of sp³-hybridized carbons (Fsp3) is 0.346. The largest absolute Gasteiger partial charge is 0.355 e. The lowest BCUT2D eigenvalue weighted by Gasteiger charge is -2.31. The van der Waals surface area contributed by atoms with Crippen molar-refractivity contribution in [3.05, 3.63) is 72.0 Å². The molecule has 1 amide bonds. The lowest BCUT2D eigenvalue weighted by atomic mass is 9.95. The van der Waals surface area contributed by atoms with Crippen LogP contribution in [-0.4, -0.2) is 29.2 Å². The van der Waals surface area contributed by atoms with Crippen LogP contribution in [-0.2, 0) is 11.2 Å². The van der Waals surface area contributed by atoms with E-state index in [-0.39, 0.29) is 17.6 Å². The number of carbonyl (C=O) groups is 1. The number of aromatic nitrogens is 2. The van der Waals surface area contributed by atoms with Gasteiger partial charge in [0.25, 0.3) is 0 Å². The Labute approximate surface area is 188 Å². The number of anilines is 2. The first-order valence-corrected chi connectivity index (χ1v) is 11.4. The van der Waals surface area contributed by atoms with E-state index in [1.807, 2.05) is 24.3 Å². The number of halogens is 1. The summed E-state index contributed by atoms with van der Waals surface area (Å²) in [4.78, 5) is 14.9. The van der Waals surface area contributed by atoms with E-state index in [9.17, 15) is 9.18 Å². The van der Waals surface area contributed by atoms with Crippen LogP contribution in [0.1, 0.15) is 38.2 Å². The van der Waals surface area contributed by atoms with Crippen molar-refractivity contribution >= 4 is 17.4 Å². The maximum Gasteiger partial charge on any atom is 0.227 e. The van der Waals surface area contributed by atoms with Crippen LogP contribution < -0.4 is 10.2 Å². The predicted octanol–water partition coefficient (Wildman–Crippen LogP) is 5.48. The summed E-state index contributed by atoms with van der Waals surface area (Å²) in [7, 11) is 0. The van der Waals surface area contributed by atoms with Crippen LogP contribution in [0.25, 0.3) is 11.3 Å². The van der Waals surface area contributed by atoms with E-state index >= 15 is 0 Å². The standard InChI is InChI=1S/C26H29FN4O/c1-2-3-4-19-5-11-23(12-6-19)28-26(32)21-15-17-31(18-16-21)25-14-13-24(29-30-25)20-7-9-22(27)10-8-20/h5-14,21H,2-4,15-18H2,1H3,(H,28,32). The first kappa shape index (κ1) is 21.9. The predicted molar refractivity (Wildman–Crippen MR) is 126 cm³/mol. The van der Waals surface area contributed by atoms with E-state index in [2.05, 4.69) is 39.5 Å². The molecular weight excluding hydrogens is 403 g/mol. The Kier molecular flexibility index (Phi) is 7.10. The van der Waals surface area contributed by atoms with Crippen LogP contribution in [0.15, 0.2) is 60.7 Å². The second-order valence-electron chi connectivity index (χ2n) is 8.33. The van der Waals surface area contributed by atoms with Gasteiger partial charge in [-0.2, -0.15) is 0 Å². The number of amides is 1. The molecule has 1 saturated heterocycles. The molecule has 0 unspecified atom stereocenters. The van der Waals surface area contributed by atoms with Gasteiger partial charge in [0.15, 0.2) is 5.82 Å². The molecule has 6 heteroatoms. The van der Waals surface area contributed by atoms with Crippen LogP contribution in [0.5, 0.6) is 0 Å². The molecule has 1 aromatic heterocycles. The Morgan fingerprint density at radius 1 is 1.00 bits per heavy atom. The molecule has 5 nitrogen and oxygen atoms in total. The molecule has 0 bridgehead atoms. The number of hydrogen-bond donors (Lipinski definition) is 1. The maximum absolute atomic E-state index is 13.1. The highest BCUT2D eigenvalue weighted by Gasteiger charge is 2.26. The van der Waals surface area contributed by atoms with Crippen molar-refractivity contribution in [3.8, 4) is 11.3 Å². The fourth-order valence-corrected chi connectivity index (χ4v) is 4.02. The lowest BCUT2D eigenvalue weighted by molar-refractivity contribution is -0.120. The van der Waals surface area contributed by atoms with E-state index in [0.717, 1.165) is 49.4 Å². The summed E-state index contributed by atoms with van der Waals surface area (Å²) < 4.78 is 13.1. The van der Waals surface area contributed by atoms with Gasteiger partial charge in [-0.3, -0.25) is 4.79 Å². The number of rotatable bonds is 7. The van der Waals surface area contributed by atoms with Gasteiger partial charge >= 0.3 is 0 Å². The van der Waals surface area contributed by atoms with Gasteiger partial charge in [-0.15, -0.1) is 10.2 Å². The van der Waals surface area contributed by atoms with Crippen molar-refractivity contribution in [1.82, 2.24) is 10.2 Å². The molecule has 1 N–H and O–H groups in total. The van der Waals surface area contributed by atoms with Gasteiger partial charge < -0.3 is 10.2 Å². The van der Waals surface area contributed by atoms with Crippen molar-refractivity contribution in [2.45, 2.75) is 39.0 Å². The van der Waals surface area contributed by atoms with Gasteiger partial charge in [-0.25, -0.2) is 4.39 Å². The molecule has 0 atom stereocenters. The summed E-state index contributed by atoms with van der Waals surface area (Å²) in [6.07, 6.45) is 5.01. The molecule has 3 aromatic rings. The highest BCUT2D eigenvalue weighted by molar-refractivity contribution is 5.92. The Morgan fingerprint density at radius 3 is 2.34 bits per heavy atom. The minimum absolute atomic E-state index is 0.00235. The van der Waals surface area contributed by atoms with E-state index < -0.39 is 0 Å². The highest BCUT2D eigenvalue weighted by atomic mass is 19.1. The van der Waals surface area contributed by atoms with Crippen LogP contribution >= 0.6 is 0 Å². The monoisotopic (exact) mass is 432 g/mol. The molecule has 0 saturated carbocycles. The van der Waals surface area contributed by atoms with Gasteiger partial charge in [-0.1, -0.05) is 25.5 Å². The van der Waals surface area contributed by atoms with Crippen molar-refractivity contribution < 1.29 is 9.18 Å². The molecule has 4 rings (SSSR count). The summed E-state index contributed by atoms with van der Waals surface area (Å²) in [5.74, 6) is 0.618. The number of nitrogens with one attached hydrogen (secondary N) is 1. The van der Waals surface area contributed by atoms with E-state index in [1.54, 1.807) is 12.1 Å². The molecule has 1 fully saturated rings. The molecular formula is C26H29FN4O. The SMILES string of the molecule is CCCCc1ccc(NC(=O)C2CCN(c3ccc(-c4ccc(F)cc4)nn3)CC2)cc1. The maximum atomic E-state index is 13.1. The van der Waals surface area contributed by atoms with E-state index in [0.29, 0.717) is 5.69 Å². The zero-order chi connectivity index (χ0) is 22.3. The molecule has 0 aliphatic carbocycles. The number of hydrogen-bond acceptors (Lipinski definition) is 4. The third kappa shape index (κ3) is 5.49. The topological polar surface area (TPSA) is 58.1 Å². The minimum atomic E-state index is -0.269. The van der Waals surface area contributed by atoms with E-state index in [1.165, 1.54) is 30.5 Å². The summed E-state index contributed by atoms with van der Waals surface area (Å²) >= 11 is 0. The molecule has 1 aliphatic heterocycles. The van der Waals surface area contributed by atoms with Gasteiger partial charge in [0, 0.05) is 30.3 Å². The lowest BCUT2D eigenvalue weighted by Crippen LogP contribution is -2.38.